The lowest BCUT2D eigenvalue weighted by molar-refractivity contribution is 0.0144. The molecule has 2 N–H and O–H groups in total. The first-order valence-electron chi connectivity index (χ1n) is 11.7. The molecule has 8 nitrogen and oxygen atoms in total. The quantitative estimate of drug-likeness (QED) is 0.609. The van der Waals surface area contributed by atoms with E-state index in [0.29, 0.717) is 36.4 Å². The van der Waals surface area contributed by atoms with Crippen LogP contribution in [0.3, 0.4) is 0 Å². The molecule has 0 aliphatic carbocycles. The zero-order valence-corrected chi connectivity index (χ0v) is 20.2. The van der Waals surface area contributed by atoms with E-state index in [-0.39, 0.29) is 17.9 Å². The van der Waals surface area contributed by atoms with Crippen LogP contribution in [0.4, 0.5) is 10.5 Å². The number of amides is 3. The molecule has 3 rings (SSSR count). The van der Waals surface area contributed by atoms with E-state index in [1.165, 1.54) is 0 Å². The van der Waals surface area contributed by atoms with Crippen molar-refractivity contribution in [3.63, 3.8) is 0 Å². The Hall–Kier alpha value is -3.39. The van der Waals surface area contributed by atoms with Crippen LogP contribution in [0, 0.1) is 0 Å². The normalized spacial score (nSPS) is 14.4. The summed E-state index contributed by atoms with van der Waals surface area (Å²) in [6, 6.07) is 15.8. The Morgan fingerprint density at radius 2 is 1.47 bits per heavy atom. The Balaban J connectivity index is 1.34. The predicted octanol–water partition coefficient (Wildman–Crippen LogP) is 3.61. The summed E-state index contributed by atoms with van der Waals surface area (Å²) in [5.41, 5.74) is 1.28. The van der Waals surface area contributed by atoms with Crippen LogP contribution in [-0.2, 0) is 4.74 Å². The second-order valence-electron chi connectivity index (χ2n) is 9.32. The minimum atomic E-state index is -0.483. The summed E-state index contributed by atoms with van der Waals surface area (Å²) in [7, 11) is 0. The number of rotatable bonds is 7. The van der Waals surface area contributed by atoms with Gasteiger partial charge in [0.15, 0.2) is 0 Å². The molecule has 3 amide bonds. The molecule has 1 heterocycles. The van der Waals surface area contributed by atoms with E-state index >= 15 is 0 Å². The van der Waals surface area contributed by atoms with E-state index in [1.54, 1.807) is 41.3 Å². The third-order valence-corrected chi connectivity index (χ3v) is 5.40. The molecular weight excluding hydrogens is 432 g/mol. The Morgan fingerprint density at radius 1 is 0.853 bits per heavy atom. The number of anilines is 1. The summed E-state index contributed by atoms with van der Waals surface area (Å²) in [6.45, 7) is 9.91. The van der Waals surface area contributed by atoms with Crippen molar-refractivity contribution in [2.75, 3.05) is 44.6 Å². The van der Waals surface area contributed by atoms with Gasteiger partial charge in [-0.15, -0.1) is 0 Å². The molecule has 0 atom stereocenters. The van der Waals surface area contributed by atoms with E-state index < -0.39 is 5.60 Å². The first-order valence-corrected chi connectivity index (χ1v) is 11.7. The Bertz CT molecular complexity index is 963. The van der Waals surface area contributed by atoms with Crippen LogP contribution in [0.2, 0.25) is 0 Å². The average Bonchev–Trinajstić information content (AvgIpc) is 2.82. The third kappa shape index (κ3) is 7.88. The summed E-state index contributed by atoms with van der Waals surface area (Å²) < 4.78 is 5.43. The molecule has 8 heteroatoms. The largest absolute Gasteiger partial charge is 0.444 e. The lowest BCUT2D eigenvalue weighted by Crippen LogP contribution is -2.50. The lowest BCUT2D eigenvalue weighted by atomic mass is 10.1. The van der Waals surface area contributed by atoms with Crippen LogP contribution in [0.15, 0.2) is 54.6 Å². The van der Waals surface area contributed by atoms with Gasteiger partial charge in [0, 0.05) is 49.5 Å². The van der Waals surface area contributed by atoms with Gasteiger partial charge in [-0.1, -0.05) is 18.2 Å². The summed E-state index contributed by atoms with van der Waals surface area (Å²) in [4.78, 5) is 40.8. The first-order chi connectivity index (χ1) is 16.2. The average molecular weight is 467 g/mol. The van der Waals surface area contributed by atoms with Crippen molar-refractivity contribution in [3.8, 4) is 0 Å². The van der Waals surface area contributed by atoms with Crippen LogP contribution in [0.25, 0.3) is 0 Å². The van der Waals surface area contributed by atoms with E-state index in [0.717, 1.165) is 26.1 Å². The highest BCUT2D eigenvalue weighted by Crippen LogP contribution is 2.13. The Kier molecular flexibility index (Phi) is 8.65. The number of benzene rings is 2. The number of nitrogens with zero attached hydrogens (tertiary/aromatic N) is 2. The highest BCUT2D eigenvalue weighted by molar-refractivity contribution is 6.04. The molecule has 0 spiro atoms. The second kappa shape index (κ2) is 11.7. The molecule has 2 aromatic carbocycles. The van der Waals surface area contributed by atoms with Gasteiger partial charge in [-0.05, 0) is 70.1 Å². The molecule has 182 valence electrons. The summed E-state index contributed by atoms with van der Waals surface area (Å²) >= 11 is 0. The summed E-state index contributed by atoms with van der Waals surface area (Å²) in [5.74, 6) is -0.333. The predicted molar refractivity (Wildman–Crippen MR) is 132 cm³/mol. The highest BCUT2D eigenvalue weighted by Gasteiger charge is 2.25. The van der Waals surface area contributed by atoms with Crippen LogP contribution in [-0.4, -0.2) is 72.6 Å². The fourth-order valence-electron chi connectivity index (χ4n) is 3.58. The molecule has 0 radical (unpaired) electrons. The van der Waals surface area contributed by atoms with Gasteiger partial charge in [0.05, 0.1) is 0 Å². The highest BCUT2D eigenvalue weighted by atomic mass is 16.6. The molecule has 2 aromatic rings. The minimum Gasteiger partial charge on any atom is -0.444 e. The number of ether oxygens (including phenoxy) is 1. The fraction of sp³-hybridized carbons (Fsp3) is 0.423. The Morgan fingerprint density at radius 3 is 2.09 bits per heavy atom. The van der Waals surface area contributed by atoms with Crippen LogP contribution in [0.1, 0.15) is 47.9 Å². The maximum atomic E-state index is 12.4. The molecule has 1 aliphatic heterocycles. The number of piperazine rings is 1. The monoisotopic (exact) mass is 466 g/mol. The van der Waals surface area contributed by atoms with Gasteiger partial charge >= 0.3 is 6.09 Å². The van der Waals surface area contributed by atoms with Crippen molar-refractivity contribution >= 4 is 23.6 Å². The van der Waals surface area contributed by atoms with E-state index in [2.05, 4.69) is 15.5 Å². The van der Waals surface area contributed by atoms with E-state index in [4.69, 9.17) is 4.74 Å². The van der Waals surface area contributed by atoms with E-state index in [9.17, 15) is 14.4 Å². The number of hydrogen-bond acceptors (Lipinski definition) is 5. The summed E-state index contributed by atoms with van der Waals surface area (Å²) in [6.07, 6.45) is 0.564. The number of nitrogens with one attached hydrogen (secondary N) is 2. The SMILES string of the molecule is CC(C)(C)OC(=O)N1CCN(CCCNC(=O)c2ccc(NC(=O)c3ccccc3)cc2)CC1. The molecule has 1 aliphatic rings. The van der Waals surface area contributed by atoms with Gasteiger partial charge in [-0.3, -0.25) is 14.5 Å². The molecule has 1 saturated heterocycles. The maximum absolute atomic E-state index is 12.4. The van der Waals surface area contributed by atoms with Gasteiger partial charge in [-0.25, -0.2) is 4.79 Å². The van der Waals surface area contributed by atoms with Gasteiger partial charge in [0.2, 0.25) is 0 Å². The lowest BCUT2D eigenvalue weighted by Gasteiger charge is -2.35. The van der Waals surface area contributed by atoms with Crippen molar-refractivity contribution in [2.45, 2.75) is 32.8 Å². The van der Waals surface area contributed by atoms with Crippen LogP contribution < -0.4 is 10.6 Å². The topological polar surface area (TPSA) is 91.0 Å². The number of carbonyl (C=O) groups excluding carboxylic acids is 3. The zero-order valence-electron chi connectivity index (χ0n) is 20.2. The van der Waals surface area contributed by atoms with Crippen molar-refractivity contribution in [3.05, 3.63) is 65.7 Å². The number of carbonyl (C=O) groups is 3. The standard InChI is InChI=1S/C26H34N4O4/c1-26(2,3)34-25(33)30-18-16-29(17-19-30)15-7-14-27-23(31)21-10-12-22(13-11-21)28-24(32)20-8-5-4-6-9-20/h4-6,8-13H,7,14-19H2,1-3H3,(H,27,31)(H,28,32). The van der Waals surface area contributed by atoms with Crippen LogP contribution in [0.5, 0.6) is 0 Å². The van der Waals surface area contributed by atoms with Gasteiger partial charge in [0.1, 0.15) is 5.60 Å². The molecular formula is C26H34N4O4. The third-order valence-electron chi connectivity index (χ3n) is 5.40. The van der Waals surface area contributed by atoms with Crippen LogP contribution >= 0.6 is 0 Å². The molecule has 0 unspecified atom stereocenters. The molecule has 1 fully saturated rings. The van der Waals surface area contributed by atoms with E-state index in [1.807, 2.05) is 39.0 Å². The molecule has 0 saturated carbocycles. The maximum Gasteiger partial charge on any atom is 0.410 e. The molecule has 34 heavy (non-hydrogen) atoms. The fourth-order valence-corrected chi connectivity index (χ4v) is 3.58. The second-order valence-corrected chi connectivity index (χ2v) is 9.32. The minimum absolute atomic E-state index is 0.143. The number of hydrogen-bond donors (Lipinski definition) is 2. The van der Waals surface area contributed by atoms with Crippen molar-refractivity contribution < 1.29 is 19.1 Å². The molecule has 0 aromatic heterocycles. The van der Waals surface area contributed by atoms with Crippen molar-refractivity contribution in [1.82, 2.24) is 15.1 Å². The zero-order chi connectivity index (χ0) is 24.6. The first kappa shape index (κ1) is 25.2. The smallest absolute Gasteiger partial charge is 0.410 e. The van der Waals surface area contributed by atoms with Gasteiger partial charge in [-0.2, -0.15) is 0 Å². The van der Waals surface area contributed by atoms with Gasteiger partial charge in [0.25, 0.3) is 11.8 Å². The van der Waals surface area contributed by atoms with Crippen molar-refractivity contribution in [1.29, 1.82) is 0 Å². The van der Waals surface area contributed by atoms with Crippen molar-refractivity contribution in [2.24, 2.45) is 0 Å². The van der Waals surface area contributed by atoms with Gasteiger partial charge < -0.3 is 20.3 Å². The molecule has 0 bridgehead atoms. The summed E-state index contributed by atoms with van der Waals surface area (Å²) in [5, 5.41) is 5.77. The Labute approximate surface area is 201 Å².